The van der Waals surface area contributed by atoms with Gasteiger partial charge in [-0.1, -0.05) is 0 Å². The van der Waals surface area contributed by atoms with Crippen molar-refractivity contribution in [2.75, 3.05) is 24.7 Å². The monoisotopic (exact) mass is 308 g/mol. The van der Waals surface area contributed by atoms with E-state index in [1.165, 1.54) is 12.2 Å². The molecule has 0 radical (unpaired) electrons. The van der Waals surface area contributed by atoms with E-state index in [-0.39, 0.29) is 0 Å². The van der Waals surface area contributed by atoms with Gasteiger partial charge in [-0.3, -0.25) is 0 Å². The van der Waals surface area contributed by atoms with Crippen LogP contribution in [0.1, 0.15) is 6.42 Å². The summed E-state index contributed by atoms with van der Waals surface area (Å²) in [6.45, 7) is 1.90. The van der Waals surface area contributed by atoms with Crippen molar-refractivity contribution >= 4 is 46.7 Å². The van der Waals surface area contributed by atoms with Crippen LogP contribution in [0.3, 0.4) is 0 Å². The molecule has 0 aliphatic carbocycles. The molecule has 0 spiro atoms. The summed E-state index contributed by atoms with van der Waals surface area (Å²) >= 11 is 8.09. The fourth-order valence-electron chi connectivity index (χ4n) is 0.690. The molecule has 1 nitrogen and oxygen atoms in total. The molecule has 0 amide bonds. The van der Waals surface area contributed by atoms with Crippen molar-refractivity contribution < 1.29 is 4.74 Å². The Labute approximate surface area is 91.3 Å². The SMILES string of the molecule is SCC([TeH])CCOCC1CS1. The Kier molecular flexibility index (Phi) is 5.73. The van der Waals surface area contributed by atoms with Crippen LogP contribution >= 0.6 is 24.4 Å². The average molecular weight is 306 g/mol. The summed E-state index contributed by atoms with van der Waals surface area (Å²) in [6, 6.07) is 0. The number of hydrogen-bond acceptors (Lipinski definition) is 3. The van der Waals surface area contributed by atoms with Crippen molar-refractivity contribution in [2.45, 2.75) is 15.6 Å². The van der Waals surface area contributed by atoms with Gasteiger partial charge in [0.05, 0.1) is 0 Å². The van der Waals surface area contributed by atoms with E-state index in [0.29, 0.717) is 0 Å². The van der Waals surface area contributed by atoms with Gasteiger partial charge in [-0.05, 0) is 0 Å². The number of ether oxygens (including phenoxy) is 1. The van der Waals surface area contributed by atoms with Gasteiger partial charge in [-0.15, -0.1) is 0 Å². The van der Waals surface area contributed by atoms with E-state index in [1.54, 1.807) is 0 Å². The van der Waals surface area contributed by atoms with E-state index in [2.05, 4.69) is 12.6 Å². The van der Waals surface area contributed by atoms with Crippen LogP contribution in [-0.4, -0.2) is 52.3 Å². The Hall–Kier alpha value is 1.45. The topological polar surface area (TPSA) is 9.23 Å². The van der Waals surface area contributed by atoms with E-state index in [9.17, 15) is 0 Å². The van der Waals surface area contributed by atoms with Crippen molar-refractivity contribution in [3.63, 3.8) is 0 Å². The molecule has 2 unspecified atom stereocenters. The Bertz CT molecular complexity index is 109. The molecule has 0 aromatic heterocycles. The van der Waals surface area contributed by atoms with Gasteiger partial charge in [0, 0.05) is 0 Å². The molecule has 1 heterocycles. The second-order valence-corrected chi connectivity index (χ2v) is 6.44. The standard InChI is InChI=1S/C7H14OS2Te/c9-4-7(11)1-2-8-3-6-5-10-6/h6-7,9,11H,1-5H2. The molecule has 0 bridgehead atoms. The number of thioether (sulfide) groups is 1. The van der Waals surface area contributed by atoms with Crippen LogP contribution in [0.2, 0.25) is 3.97 Å². The fourth-order valence-corrected chi connectivity index (χ4v) is 1.60. The molecule has 66 valence electrons. The normalized spacial score (nSPS) is 25.1. The Morgan fingerprint density at radius 2 is 2.45 bits per heavy atom. The first-order chi connectivity index (χ1) is 5.33. The van der Waals surface area contributed by atoms with E-state index >= 15 is 0 Å². The summed E-state index contributed by atoms with van der Waals surface area (Å²) in [5.41, 5.74) is 0. The summed E-state index contributed by atoms with van der Waals surface area (Å²) in [7, 11) is 0. The van der Waals surface area contributed by atoms with Gasteiger partial charge < -0.3 is 0 Å². The average Bonchev–Trinajstić information content (AvgIpc) is 2.81. The zero-order chi connectivity index (χ0) is 8.10. The quantitative estimate of drug-likeness (QED) is 0.341. The Balaban J connectivity index is 1.79. The number of rotatable bonds is 6. The van der Waals surface area contributed by atoms with Gasteiger partial charge in [-0.2, -0.15) is 0 Å². The Morgan fingerprint density at radius 3 is 3.00 bits per heavy atom. The molecule has 0 N–H and O–H groups in total. The fraction of sp³-hybridized carbons (Fsp3) is 1.00. The summed E-state index contributed by atoms with van der Waals surface area (Å²) in [6.07, 6.45) is 1.18. The number of hydrogen-bond donors (Lipinski definition) is 1. The second kappa shape index (κ2) is 5.99. The molecule has 1 aliphatic rings. The molecule has 11 heavy (non-hydrogen) atoms. The third kappa shape index (κ3) is 5.65. The summed E-state index contributed by atoms with van der Waals surface area (Å²) < 4.78 is 6.23. The summed E-state index contributed by atoms with van der Waals surface area (Å²) in [5, 5.41) is 0.825. The molecule has 0 aromatic rings. The maximum absolute atomic E-state index is 5.48. The van der Waals surface area contributed by atoms with Crippen molar-refractivity contribution in [3.05, 3.63) is 0 Å². The van der Waals surface area contributed by atoms with Gasteiger partial charge in [0.1, 0.15) is 0 Å². The van der Waals surface area contributed by atoms with E-state index in [4.69, 9.17) is 4.74 Å². The minimum absolute atomic E-state index is 0.749. The van der Waals surface area contributed by atoms with Crippen LogP contribution < -0.4 is 0 Å². The zero-order valence-electron chi connectivity index (χ0n) is 6.40. The molecule has 0 saturated carbocycles. The molecule has 1 fully saturated rings. The number of thiol groups is 1. The third-order valence-corrected chi connectivity index (χ3v) is 5.01. The van der Waals surface area contributed by atoms with Gasteiger partial charge in [0.25, 0.3) is 0 Å². The third-order valence-electron chi connectivity index (χ3n) is 1.51. The molecular weight excluding hydrogens is 292 g/mol. The molecule has 1 aliphatic heterocycles. The maximum atomic E-state index is 5.48. The van der Waals surface area contributed by atoms with Gasteiger partial charge in [-0.25, -0.2) is 0 Å². The van der Waals surface area contributed by atoms with E-state index in [1.807, 2.05) is 34.1 Å². The van der Waals surface area contributed by atoms with Crippen LogP contribution in [0.5, 0.6) is 0 Å². The van der Waals surface area contributed by atoms with Crippen molar-refractivity contribution in [1.82, 2.24) is 0 Å². The van der Waals surface area contributed by atoms with Crippen molar-refractivity contribution in [3.8, 4) is 0 Å². The van der Waals surface area contributed by atoms with Crippen LogP contribution in [0.25, 0.3) is 0 Å². The van der Waals surface area contributed by atoms with Gasteiger partial charge >= 0.3 is 91.8 Å². The first-order valence-corrected chi connectivity index (χ1v) is 6.96. The molecule has 0 aromatic carbocycles. The van der Waals surface area contributed by atoms with Crippen LogP contribution in [0.15, 0.2) is 0 Å². The van der Waals surface area contributed by atoms with Crippen molar-refractivity contribution in [2.24, 2.45) is 0 Å². The van der Waals surface area contributed by atoms with Gasteiger partial charge in [0.2, 0.25) is 0 Å². The molecule has 1 saturated heterocycles. The van der Waals surface area contributed by atoms with E-state index in [0.717, 1.165) is 28.2 Å². The Morgan fingerprint density at radius 1 is 1.73 bits per heavy atom. The van der Waals surface area contributed by atoms with Crippen LogP contribution in [0.4, 0.5) is 0 Å². The van der Waals surface area contributed by atoms with Gasteiger partial charge in [0.15, 0.2) is 0 Å². The molecule has 4 heteroatoms. The predicted molar refractivity (Wildman–Crippen MR) is 56.4 cm³/mol. The predicted octanol–water partition coefficient (Wildman–Crippen LogP) is 1.13. The van der Waals surface area contributed by atoms with Crippen molar-refractivity contribution in [1.29, 1.82) is 0 Å². The van der Waals surface area contributed by atoms with E-state index < -0.39 is 0 Å². The zero-order valence-corrected chi connectivity index (χ0v) is 10.7. The molecule has 1 rings (SSSR count). The second-order valence-electron chi connectivity index (χ2n) is 2.66. The molecule has 2 atom stereocenters. The first-order valence-electron chi connectivity index (χ1n) is 3.81. The molecular formula is C7H14OS2Te. The summed E-state index contributed by atoms with van der Waals surface area (Å²) in [5.74, 6) is 2.31. The van der Waals surface area contributed by atoms with Crippen LogP contribution in [-0.2, 0) is 4.74 Å². The van der Waals surface area contributed by atoms with Crippen LogP contribution in [0, 0.1) is 0 Å². The first kappa shape index (κ1) is 10.5. The minimum atomic E-state index is 0.749. The summed E-state index contributed by atoms with van der Waals surface area (Å²) in [4.78, 5) is 0.